The van der Waals surface area contributed by atoms with E-state index in [0.717, 1.165) is 43.4 Å². The van der Waals surface area contributed by atoms with Crippen LogP contribution in [0.2, 0.25) is 0 Å². The van der Waals surface area contributed by atoms with Gasteiger partial charge in [0, 0.05) is 18.8 Å². The van der Waals surface area contributed by atoms with E-state index >= 15 is 0 Å². The number of rotatable bonds is 7. The number of nitrogens with one attached hydrogen (secondary N) is 2. The van der Waals surface area contributed by atoms with Crippen molar-refractivity contribution in [1.82, 2.24) is 15.0 Å². The Bertz CT molecular complexity index is 799. The van der Waals surface area contributed by atoms with Gasteiger partial charge in [0.25, 0.3) is 0 Å². The maximum atomic E-state index is 9.63. The van der Waals surface area contributed by atoms with Crippen molar-refractivity contribution in [2.75, 3.05) is 24.3 Å². The van der Waals surface area contributed by atoms with E-state index in [1.54, 1.807) is 19.5 Å². The molecule has 3 N–H and O–H groups in total. The van der Waals surface area contributed by atoms with Gasteiger partial charge >= 0.3 is 0 Å². The van der Waals surface area contributed by atoms with Crippen molar-refractivity contribution in [2.24, 2.45) is 0 Å². The lowest BCUT2D eigenvalue weighted by molar-refractivity contribution is 0.126. The van der Waals surface area contributed by atoms with Gasteiger partial charge < -0.3 is 20.5 Å². The number of hydrogen-bond acceptors (Lipinski definition) is 8. The average molecular weight is 368 g/mol. The number of nitrogens with zero attached hydrogens (tertiary/aromatic N) is 4. The van der Waals surface area contributed by atoms with E-state index in [1.165, 1.54) is 6.20 Å². The molecule has 0 aliphatic heterocycles. The zero-order chi connectivity index (χ0) is 19.1. The Kier molecular flexibility index (Phi) is 6.39. The first-order valence-electron chi connectivity index (χ1n) is 9.11. The van der Waals surface area contributed by atoms with Crippen LogP contribution in [0, 0.1) is 11.3 Å². The molecule has 0 radical (unpaired) electrons. The molecule has 0 aromatic carbocycles. The molecule has 0 spiro atoms. The average Bonchev–Trinajstić information content (AvgIpc) is 2.70. The van der Waals surface area contributed by atoms with Crippen LogP contribution in [0.15, 0.2) is 24.7 Å². The number of anilines is 2. The zero-order valence-electron chi connectivity index (χ0n) is 15.4. The highest BCUT2D eigenvalue weighted by Crippen LogP contribution is 2.23. The van der Waals surface area contributed by atoms with Gasteiger partial charge in [-0.25, -0.2) is 4.98 Å². The second-order valence-electron chi connectivity index (χ2n) is 6.63. The molecule has 2 heterocycles. The number of aliphatic hydroxyl groups excluding tert-OH is 1. The Balaban J connectivity index is 1.59. The summed E-state index contributed by atoms with van der Waals surface area (Å²) in [6, 6.07) is 4.29. The van der Waals surface area contributed by atoms with Crippen molar-refractivity contribution in [3.63, 3.8) is 0 Å². The number of aromatic nitrogens is 3. The van der Waals surface area contributed by atoms with Crippen molar-refractivity contribution in [3.8, 4) is 11.8 Å². The number of hydrogen-bond donors (Lipinski definition) is 3. The second-order valence-corrected chi connectivity index (χ2v) is 6.63. The summed E-state index contributed by atoms with van der Waals surface area (Å²) >= 11 is 0. The molecule has 142 valence electrons. The minimum atomic E-state index is -0.216. The lowest BCUT2D eigenvalue weighted by atomic mass is 9.93. The molecule has 0 saturated heterocycles. The van der Waals surface area contributed by atoms with Crippen LogP contribution in [0.3, 0.4) is 0 Å². The fourth-order valence-electron chi connectivity index (χ4n) is 3.10. The highest BCUT2D eigenvalue weighted by Gasteiger charge is 2.20. The normalized spacial score (nSPS) is 19.1. The molecular formula is C19H24N6O2. The van der Waals surface area contributed by atoms with Crippen LogP contribution in [0.5, 0.6) is 5.75 Å². The first-order valence-corrected chi connectivity index (χ1v) is 9.11. The first-order chi connectivity index (χ1) is 13.2. The highest BCUT2D eigenvalue weighted by atomic mass is 16.5. The molecule has 8 heteroatoms. The van der Waals surface area contributed by atoms with E-state index in [0.29, 0.717) is 23.9 Å². The number of methoxy groups -OCH3 is 1. The molecule has 1 aliphatic rings. The standard InChI is InChI=1S/C19H24N6O2/c1-27-17-8-13(10-21-12-17)6-7-22-19-23-11-14(9-20)18(25-19)24-15-2-4-16(26)5-3-15/h8,10-12,15-16,26H,2-7H2,1H3,(H2,22,23,24,25)/t15-,16+. The molecule has 0 atom stereocenters. The summed E-state index contributed by atoms with van der Waals surface area (Å²) < 4.78 is 5.18. The summed E-state index contributed by atoms with van der Waals surface area (Å²) in [7, 11) is 1.62. The van der Waals surface area contributed by atoms with Crippen molar-refractivity contribution in [3.05, 3.63) is 35.8 Å². The SMILES string of the molecule is COc1cncc(CCNc2ncc(C#N)c(N[C@H]3CC[C@@H](O)CC3)n2)c1. The first kappa shape index (κ1) is 18.9. The maximum absolute atomic E-state index is 9.63. The molecule has 8 nitrogen and oxygen atoms in total. The van der Waals surface area contributed by atoms with Gasteiger partial charge in [-0.1, -0.05) is 0 Å². The van der Waals surface area contributed by atoms with Crippen molar-refractivity contribution >= 4 is 11.8 Å². The molecule has 27 heavy (non-hydrogen) atoms. The third-order valence-electron chi connectivity index (χ3n) is 4.65. The molecule has 0 unspecified atom stereocenters. The van der Waals surface area contributed by atoms with Crippen molar-refractivity contribution in [2.45, 2.75) is 44.2 Å². The molecule has 2 aromatic heterocycles. The molecule has 0 bridgehead atoms. The molecule has 3 rings (SSSR count). The summed E-state index contributed by atoms with van der Waals surface area (Å²) in [6.45, 7) is 0.635. The smallest absolute Gasteiger partial charge is 0.224 e. The van der Waals surface area contributed by atoms with Crippen LogP contribution in [-0.4, -0.2) is 45.9 Å². The summed E-state index contributed by atoms with van der Waals surface area (Å²) in [5.41, 5.74) is 1.47. The van der Waals surface area contributed by atoms with E-state index in [1.807, 2.05) is 6.07 Å². The highest BCUT2D eigenvalue weighted by molar-refractivity contribution is 5.54. The Hall–Kier alpha value is -2.92. The minimum Gasteiger partial charge on any atom is -0.495 e. The maximum Gasteiger partial charge on any atom is 0.224 e. The quantitative estimate of drug-likeness (QED) is 0.680. The predicted octanol–water partition coefficient (Wildman–Crippen LogP) is 2.12. The number of ether oxygens (including phenoxy) is 1. The summed E-state index contributed by atoms with van der Waals surface area (Å²) in [6.07, 6.45) is 8.79. The summed E-state index contributed by atoms with van der Waals surface area (Å²) in [5, 5.41) is 25.5. The van der Waals surface area contributed by atoms with Crippen molar-refractivity contribution < 1.29 is 9.84 Å². The molecule has 1 saturated carbocycles. The minimum absolute atomic E-state index is 0.214. The van der Waals surface area contributed by atoms with Gasteiger partial charge in [0.1, 0.15) is 23.2 Å². The number of pyridine rings is 1. The molecule has 1 aliphatic carbocycles. The summed E-state index contributed by atoms with van der Waals surface area (Å²) in [5.74, 6) is 1.74. The van der Waals surface area contributed by atoms with Crippen LogP contribution >= 0.6 is 0 Å². The Morgan fingerprint density at radius 2 is 2.07 bits per heavy atom. The number of nitriles is 1. The molecule has 0 amide bonds. The van der Waals surface area contributed by atoms with Crippen LogP contribution in [0.4, 0.5) is 11.8 Å². The van der Waals surface area contributed by atoms with Gasteiger partial charge in [-0.3, -0.25) is 4.98 Å². The van der Waals surface area contributed by atoms with Crippen molar-refractivity contribution in [1.29, 1.82) is 5.26 Å². The topological polar surface area (TPSA) is 116 Å². The third-order valence-corrected chi connectivity index (χ3v) is 4.65. The third kappa shape index (κ3) is 5.28. The second kappa shape index (κ2) is 9.14. The van der Waals surface area contributed by atoms with E-state index in [-0.39, 0.29) is 12.1 Å². The van der Waals surface area contributed by atoms with Crippen LogP contribution < -0.4 is 15.4 Å². The van der Waals surface area contributed by atoms with Crippen LogP contribution in [0.1, 0.15) is 36.8 Å². The zero-order valence-corrected chi connectivity index (χ0v) is 15.4. The molecule has 1 fully saturated rings. The van der Waals surface area contributed by atoms with Crippen LogP contribution in [-0.2, 0) is 6.42 Å². The van der Waals surface area contributed by atoms with E-state index in [4.69, 9.17) is 4.74 Å². The monoisotopic (exact) mass is 368 g/mol. The fourth-order valence-corrected chi connectivity index (χ4v) is 3.10. The Morgan fingerprint density at radius 1 is 1.26 bits per heavy atom. The van der Waals surface area contributed by atoms with Crippen LogP contribution in [0.25, 0.3) is 0 Å². The largest absolute Gasteiger partial charge is 0.495 e. The van der Waals surface area contributed by atoms with E-state index < -0.39 is 0 Å². The summed E-state index contributed by atoms with van der Waals surface area (Å²) in [4.78, 5) is 12.8. The molecule has 2 aromatic rings. The Morgan fingerprint density at radius 3 is 2.81 bits per heavy atom. The lowest BCUT2D eigenvalue weighted by Gasteiger charge is -2.26. The predicted molar refractivity (Wildman–Crippen MR) is 102 cm³/mol. The molecular weight excluding hydrogens is 344 g/mol. The van der Waals surface area contributed by atoms with E-state index in [9.17, 15) is 10.4 Å². The van der Waals surface area contributed by atoms with Gasteiger partial charge in [0.2, 0.25) is 5.95 Å². The van der Waals surface area contributed by atoms with E-state index in [2.05, 4.69) is 31.7 Å². The van der Waals surface area contributed by atoms with Gasteiger partial charge in [-0.15, -0.1) is 0 Å². The number of aliphatic hydroxyl groups is 1. The lowest BCUT2D eigenvalue weighted by Crippen LogP contribution is -2.29. The van der Waals surface area contributed by atoms with Gasteiger partial charge in [-0.2, -0.15) is 10.2 Å². The van der Waals surface area contributed by atoms with Gasteiger partial charge in [0.15, 0.2) is 0 Å². The Labute approximate surface area is 158 Å². The fraction of sp³-hybridized carbons (Fsp3) is 0.474. The van der Waals surface area contributed by atoms with Gasteiger partial charge in [0.05, 0.1) is 25.6 Å². The van der Waals surface area contributed by atoms with Gasteiger partial charge in [-0.05, 0) is 43.7 Å².